The van der Waals surface area contributed by atoms with E-state index in [-0.39, 0.29) is 34.6 Å². The number of amides is 2. The molecule has 0 spiro atoms. The van der Waals surface area contributed by atoms with Crippen molar-refractivity contribution in [3.8, 4) is 5.75 Å². The van der Waals surface area contributed by atoms with Gasteiger partial charge in [0.05, 0.1) is 77.4 Å². The van der Waals surface area contributed by atoms with Gasteiger partial charge >= 0.3 is 31.8 Å². The van der Waals surface area contributed by atoms with Gasteiger partial charge in [-0.05, 0) is 263 Å². The van der Waals surface area contributed by atoms with Gasteiger partial charge in [-0.15, -0.1) is 53.2 Å². The Labute approximate surface area is 696 Å². The monoisotopic (exact) mass is 1690 g/mol. The first kappa shape index (κ1) is 93.7. The lowest BCUT2D eigenvalue weighted by Gasteiger charge is -2.22. The molecule has 4 aliphatic rings. The van der Waals surface area contributed by atoms with E-state index >= 15 is 0 Å². The van der Waals surface area contributed by atoms with Crippen LogP contribution in [0.15, 0.2) is 165 Å². The van der Waals surface area contributed by atoms with E-state index in [1.165, 1.54) is 14.7 Å². The van der Waals surface area contributed by atoms with Crippen LogP contribution in [-0.4, -0.2) is 155 Å². The van der Waals surface area contributed by atoms with Crippen LogP contribution in [0.1, 0.15) is 142 Å². The number of nitrogens with one attached hydrogen (secondary N) is 1. The molecule has 1 aromatic heterocycles. The number of phenols is 1. The van der Waals surface area contributed by atoms with Crippen molar-refractivity contribution in [3.05, 3.63) is 206 Å². The molecule has 0 saturated heterocycles. The molecule has 12 rings (SSSR count). The van der Waals surface area contributed by atoms with Crippen LogP contribution in [-0.2, 0) is 74.6 Å². The first-order chi connectivity index (χ1) is 56.6. The normalized spacial score (nSPS) is 15.4. The summed E-state index contributed by atoms with van der Waals surface area (Å²) in [4.78, 5) is 68.3. The number of phenolic OH excluding ortho intramolecular Hbond substituents is 1. The van der Waals surface area contributed by atoms with Crippen LogP contribution < -0.4 is 5.56 Å². The summed E-state index contributed by atoms with van der Waals surface area (Å²) in [5.74, 6) is -0.456. The summed E-state index contributed by atoms with van der Waals surface area (Å²) in [5, 5.41) is 79.0. The van der Waals surface area contributed by atoms with Crippen molar-refractivity contribution in [1.82, 2.24) is 19.8 Å². The Morgan fingerprint density at radius 2 is 0.867 bits per heavy atom. The molecule has 1 unspecified atom stereocenters. The summed E-state index contributed by atoms with van der Waals surface area (Å²) in [6, 6.07) is 20.8. The number of aliphatic hydroxyl groups excluding tert-OH is 1. The minimum atomic E-state index is -3.11. The number of ketones is 1. The number of aromatic hydroxyl groups is 1. The quantitative estimate of drug-likeness (QED) is 0.0803. The Hall–Kier alpha value is -13.5. The summed E-state index contributed by atoms with van der Waals surface area (Å²) in [7, 11) is 0.505. The molecule has 35 nitrogen and oxygen atoms in total. The Balaban J connectivity index is 0.000000232. The number of rotatable bonds is 15. The molecule has 3 N–H and O–H groups in total. The van der Waals surface area contributed by atoms with Gasteiger partial charge in [0.1, 0.15) is 28.9 Å². The van der Waals surface area contributed by atoms with Gasteiger partial charge in [-0.25, -0.2) is 10.0 Å². The van der Waals surface area contributed by atoms with Crippen molar-refractivity contribution >= 4 is 146 Å². The lowest BCUT2D eigenvalue weighted by molar-refractivity contribution is -0.122. The molecule has 0 saturated carbocycles. The van der Waals surface area contributed by atoms with Gasteiger partial charge in [0.15, 0.2) is 11.4 Å². The fraction of sp³-hybridized carbons (Fsp3) is 0.317. The highest BCUT2D eigenvalue weighted by atomic mass is 32.2. The Morgan fingerprint density at radius 3 is 1.35 bits per heavy atom. The molecule has 2 aliphatic carbocycles. The number of hydrogen-bond donors (Lipinski definition) is 3. The first-order valence-electron chi connectivity index (χ1n) is 36.6. The molecule has 3 heterocycles. The van der Waals surface area contributed by atoms with Gasteiger partial charge in [0.2, 0.25) is 5.78 Å². The van der Waals surface area contributed by atoms with Crippen LogP contribution in [0.25, 0.3) is 22.9 Å². The number of azo groups is 5. The third-order valence-corrected chi connectivity index (χ3v) is 20.3. The van der Waals surface area contributed by atoms with E-state index in [4.69, 9.17) is 42.9 Å². The minimum Gasteiger partial charge on any atom is -0.505 e. The molecule has 8 aromatic rings. The number of carbonyl (C=O) groups is 3. The zero-order chi connectivity index (χ0) is 89.2. The van der Waals surface area contributed by atoms with Crippen LogP contribution >= 0.6 is 0 Å². The number of benzene rings is 7. The topological polar surface area (TPSA) is 487 Å². The van der Waals surface area contributed by atoms with Crippen molar-refractivity contribution in [1.29, 1.82) is 0 Å². The van der Waals surface area contributed by atoms with Crippen LogP contribution in [0.5, 0.6) is 5.75 Å². The average molecular weight is 1690 g/mol. The molecule has 0 radical (unpaired) electrons. The largest absolute Gasteiger partial charge is 0.505 e. The zero-order valence-electron chi connectivity index (χ0n) is 70.0. The summed E-state index contributed by atoms with van der Waals surface area (Å²) in [5.41, 5.74) is 27.6. The number of carbonyl (C=O) groups excluding carboxylic acids is 3. The molecule has 0 bridgehead atoms. The highest BCUT2D eigenvalue weighted by Gasteiger charge is 2.29. The second-order valence-electron chi connectivity index (χ2n) is 27.7. The highest BCUT2D eigenvalue weighted by Crippen LogP contribution is 2.41. The minimum absolute atomic E-state index is 0.0659. The molecule has 0 fully saturated rings. The summed E-state index contributed by atoms with van der Waals surface area (Å²) < 4.78 is 77.4. The van der Waals surface area contributed by atoms with Crippen LogP contribution in [0.2, 0.25) is 0 Å². The van der Waals surface area contributed by atoms with Crippen molar-refractivity contribution in [2.75, 3.05) is 35.2 Å². The molecule has 7 aromatic carbocycles. The second kappa shape index (κ2) is 41.6. The standard InChI is InChI=1S/C28H32N6O2.2C27H29N7O2.3O3S/c1-15-12-25(32-29-6)17(3)16(2)23(15)14-30-24-11-10-21-18(4)20(8-9-22(21)27(24)35)13-31-26-19(5)33-34(7)28(26)36;1-14-12-24(30-28-6)16(3)15(2)21(14)13-29-23-11-8-19-17(4)22(10-9-20(19)26(23)35)31-32-25-18(5)33-34(7)27(25)36;1-14-12-23(30-28-6)15(2)16(3)24(14)32-31-22-11-10-20-17(4)19(8-9-21(20)26(22)35)13-29-25-18(5)33-34(7)27(25)36;3*1-4(2)3/h8-12,27,35H,13-14H2,1-7H3;8-12,33H,13H2,1-7H3;8-12,35H,13H2,1-7H3;;;. The smallest absolute Gasteiger partial charge is 0.425 e. The highest BCUT2D eigenvalue weighted by molar-refractivity contribution is 7.59. The van der Waals surface area contributed by atoms with Crippen molar-refractivity contribution < 1.29 is 62.5 Å². The van der Waals surface area contributed by atoms with Crippen LogP contribution in [0, 0.1) is 90.0 Å². The maximum Gasteiger partial charge on any atom is 0.425 e. The lowest BCUT2D eigenvalue weighted by atomic mass is 9.88. The number of Topliss-reactive ketones (excluding diaryl/α,β-unsaturated/α-hetero) is 1. The van der Waals surface area contributed by atoms with Gasteiger partial charge in [0, 0.05) is 53.2 Å². The number of hydrogen-bond acceptors (Lipinski definition) is 31. The maximum absolute atomic E-state index is 13.2. The number of aromatic amines is 1. The molecular formula is C82H90N20O15S3. The van der Waals surface area contributed by atoms with Crippen molar-refractivity contribution in [2.45, 2.75) is 136 Å². The second-order valence-corrected chi connectivity index (χ2v) is 28.9. The third-order valence-electron chi connectivity index (χ3n) is 20.3. The zero-order valence-corrected chi connectivity index (χ0v) is 72.4. The van der Waals surface area contributed by atoms with E-state index in [2.05, 4.69) is 95.3 Å². The van der Waals surface area contributed by atoms with Gasteiger partial charge in [-0.3, -0.25) is 48.9 Å². The number of aromatic nitrogens is 2. The fourth-order valence-electron chi connectivity index (χ4n) is 13.4. The van der Waals surface area contributed by atoms with E-state index < -0.39 is 37.9 Å². The Morgan fingerprint density at radius 1 is 0.425 bits per heavy atom. The fourth-order valence-corrected chi connectivity index (χ4v) is 13.4. The number of H-pyrrole nitrogens is 1. The molecule has 120 heavy (non-hydrogen) atoms. The van der Waals surface area contributed by atoms with Gasteiger partial charge < -0.3 is 10.2 Å². The first-order valence-corrected chi connectivity index (χ1v) is 39.6. The molecule has 626 valence electrons. The Bertz CT molecular complexity index is 6280. The maximum atomic E-state index is 13.2. The van der Waals surface area contributed by atoms with Gasteiger partial charge in [-0.2, -0.15) is 46.0 Å². The SMILES string of the molecule is CN=Nc1cc(C)c(CN=C2C=Cc3c(ccc(CN=C4C(=O)N(C)N=C4C)c3C)C2O)c(C)c1C.CN=Nc1cc(C)c(CN=C2C=Cc3c(ccc(N=Nc4c(C)[nH]n(C)c4=O)c3C)C2=O)c(C)c1C.CN=Nc1cc(C)c(N=Nc2ccc3c(C)c(CN=C4C(=O)N(C)N=C4C)ccc3c2O)c(C)c1C.O=S(=O)=O.O=S(=O)=O.O=S(=O)=O. The number of allylic oxidation sites excluding steroid dienone is 1. The van der Waals surface area contributed by atoms with Crippen molar-refractivity contribution in [3.63, 3.8) is 0 Å². The lowest BCUT2D eigenvalue weighted by Crippen LogP contribution is -2.24. The van der Waals surface area contributed by atoms with E-state index in [0.717, 1.165) is 134 Å². The predicted octanol–water partition coefficient (Wildman–Crippen LogP) is 15.0. The summed E-state index contributed by atoms with van der Waals surface area (Å²) in [6.45, 7) is 31.0. The Kier molecular flexibility index (Phi) is 32.5. The number of aryl methyl sites for hydroxylation is 6. The number of hydrazone groups is 2. The molecule has 38 heteroatoms. The number of fused-ring (bicyclic) bond motifs is 3. The predicted molar refractivity (Wildman–Crippen MR) is 458 cm³/mol. The van der Waals surface area contributed by atoms with E-state index in [0.29, 0.717) is 88.5 Å². The third kappa shape index (κ3) is 22.4. The van der Waals surface area contributed by atoms with Gasteiger partial charge in [-0.1, -0.05) is 42.5 Å². The number of nitrogens with zero attached hydrogens (tertiary/aromatic N) is 19. The molecule has 2 aliphatic heterocycles. The summed E-state index contributed by atoms with van der Waals surface area (Å²) >= 11 is 0. The van der Waals surface area contributed by atoms with Crippen LogP contribution in [0.3, 0.4) is 0 Å². The molecular weight excluding hydrogens is 1600 g/mol. The number of aliphatic hydroxyl groups is 1. The number of aliphatic imine (C=N–C) groups is 4. The van der Waals surface area contributed by atoms with Gasteiger partial charge in [0.25, 0.3) is 17.4 Å². The van der Waals surface area contributed by atoms with Crippen molar-refractivity contribution in [2.24, 2.45) is 88.4 Å². The van der Waals surface area contributed by atoms with E-state index in [1.54, 1.807) is 87.3 Å². The van der Waals surface area contributed by atoms with Crippen LogP contribution in [0.4, 0.5) is 39.8 Å². The molecule has 2 amide bonds. The summed E-state index contributed by atoms with van der Waals surface area (Å²) in [6.07, 6.45) is 6.73. The van der Waals surface area contributed by atoms with E-state index in [1.807, 2.05) is 136 Å². The average Bonchev–Trinajstić information content (AvgIpc) is 0.908. The molecule has 1 atom stereocenters. The van der Waals surface area contributed by atoms with E-state index in [9.17, 15) is 29.4 Å².